The molecule has 2 aliphatic heterocycles. The minimum atomic E-state index is -4.99. The van der Waals surface area contributed by atoms with Crippen LogP contribution in [0.2, 0.25) is 10.0 Å². The SMILES string of the molecule is FC(F)(F)Oc1cc(Cl)ccc1C1OC1(Cn1ncnc1SSc1ncnn1CC1(c2ccccc2)OC1c1cccc(Cl)c1OC(F)(F)F)c1ccccc1. The molecule has 0 radical (unpaired) electrons. The Kier molecular flexibility index (Phi) is 10.2. The number of para-hydroxylation sites is 1. The summed E-state index contributed by atoms with van der Waals surface area (Å²) in [7, 11) is 2.36. The second kappa shape index (κ2) is 14.8. The second-order valence-electron chi connectivity index (χ2n) is 12.5. The standard InChI is InChI=1S/C36H24Cl2F6N6O4S2/c37-23-14-15-24(27(16-23)51-35(39,40)41)29-33(53-29,21-8-3-1-4-9-21)17-49-31(45-19-47-49)55-56-32-46-20-48-50(32)18-34(22-10-5-2-6-11-22)30(54-34)25-12-7-13-26(38)28(25)52-36(42,43)44/h1-16,19-20,29-30H,17-18H2. The zero-order chi connectivity index (χ0) is 39.3. The molecule has 8 rings (SSSR count). The highest BCUT2D eigenvalue weighted by molar-refractivity contribution is 8.76. The third-order valence-electron chi connectivity index (χ3n) is 9.02. The highest BCUT2D eigenvalue weighted by Gasteiger charge is 2.62. The summed E-state index contributed by atoms with van der Waals surface area (Å²) >= 11 is 12.2. The van der Waals surface area contributed by atoms with E-state index in [9.17, 15) is 26.3 Å². The molecule has 4 atom stereocenters. The minimum absolute atomic E-state index is 0.0469. The predicted molar refractivity (Wildman–Crippen MR) is 192 cm³/mol. The van der Waals surface area contributed by atoms with Gasteiger partial charge in [-0.15, -0.1) is 26.3 Å². The van der Waals surface area contributed by atoms with Crippen LogP contribution in [0, 0.1) is 0 Å². The van der Waals surface area contributed by atoms with Crippen LogP contribution in [-0.4, -0.2) is 42.3 Å². The maximum absolute atomic E-state index is 13.4. The zero-order valence-corrected chi connectivity index (χ0v) is 31.3. The lowest BCUT2D eigenvalue weighted by atomic mass is 9.91. The Morgan fingerprint density at radius 3 is 1.68 bits per heavy atom. The van der Waals surface area contributed by atoms with Crippen molar-refractivity contribution >= 4 is 44.8 Å². The largest absolute Gasteiger partial charge is 0.573 e. The van der Waals surface area contributed by atoms with Gasteiger partial charge in [-0.1, -0.05) is 102 Å². The third-order valence-corrected chi connectivity index (χ3v) is 11.7. The average Bonchev–Trinajstić information content (AvgIpc) is 3.93. The Bertz CT molecular complexity index is 2360. The van der Waals surface area contributed by atoms with E-state index in [1.165, 1.54) is 64.6 Å². The van der Waals surface area contributed by atoms with Gasteiger partial charge in [0.05, 0.1) is 18.1 Å². The van der Waals surface area contributed by atoms with Gasteiger partial charge in [-0.3, -0.25) is 0 Å². The van der Waals surface area contributed by atoms with Crippen molar-refractivity contribution in [3.63, 3.8) is 0 Å². The molecule has 56 heavy (non-hydrogen) atoms. The van der Waals surface area contributed by atoms with Crippen LogP contribution >= 0.6 is 44.8 Å². The average molecular weight is 854 g/mol. The van der Waals surface area contributed by atoms with Gasteiger partial charge in [0.25, 0.3) is 0 Å². The number of benzene rings is 4. The fraction of sp³-hybridized carbons (Fsp3) is 0.222. The zero-order valence-electron chi connectivity index (χ0n) is 28.1. The van der Waals surface area contributed by atoms with E-state index in [0.717, 1.165) is 6.07 Å². The Balaban J connectivity index is 1.04. The van der Waals surface area contributed by atoms with Crippen LogP contribution in [0.25, 0.3) is 0 Å². The van der Waals surface area contributed by atoms with Gasteiger partial charge in [-0.2, -0.15) is 10.2 Å². The first kappa shape index (κ1) is 38.4. The van der Waals surface area contributed by atoms with Gasteiger partial charge in [0.2, 0.25) is 0 Å². The summed E-state index contributed by atoms with van der Waals surface area (Å²) in [6.07, 6.45) is -9.04. The second-order valence-corrected chi connectivity index (χ2v) is 15.4. The number of hydrogen-bond donors (Lipinski definition) is 0. The van der Waals surface area contributed by atoms with E-state index in [2.05, 4.69) is 29.6 Å². The molecule has 20 heteroatoms. The topological polar surface area (TPSA) is 105 Å². The van der Waals surface area contributed by atoms with Crippen molar-refractivity contribution in [3.8, 4) is 11.5 Å². The molecule has 2 saturated heterocycles. The number of halogens is 8. The van der Waals surface area contributed by atoms with Crippen LogP contribution in [0.3, 0.4) is 0 Å². The van der Waals surface area contributed by atoms with Gasteiger partial charge in [0, 0.05) is 16.1 Å². The molecule has 4 heterocycles. The molecule has 2 aromatic heterocycles. The Morgan fingerprint density at radius 1 is 0.643 bits per heavy atom. The van der Waals surface area contributed by atoms with Crippen molar-refractivity contribution in [3.05, 3.63) is 142 Å². The van der Waals surface area contributed by atoms with E-state index in [1.807, 2.05) is 0 Å². The first-order valence-electron chi connectivity index (χ1n) is 16.4. The van der Waals surface area contributed by atoms with Crippen LogP contribution in [-0.2, 0) is 33.8 Å². The monoisotopic (exact) mass is 852 g/mol. The quantitative estimate of drug-likeness (QED) is 0.0634. The van der Waals surface area contributed by atoms with Gasteiger partial charge in [-0.25, -0.2) is 19.3 Å². The maximum Gasteiger partial charge on any atom is 0.573 e. The molecule has 290 valence electrons. The summed E-state index contributed by atoms with van der Waals surface area (Å²) in [5, 5.41) is 9.44. The Hall–Kier alpha value is -4.46. The molecule has 4 aromatic carbocycles. The number of aromatic nitrogens is 6. The molecule has 0 saturated carbocycles. The van der Waals surface area contributed by atoms with Crippen molar-refractivity contribution in [1.82, 2.24) is 29.5 Å². The van der Waals surface area contributed by atoms with Crippen molar-refractivity contribution < 1.29 is 45.3 Å². The summed E-state index contributed by atoms with van der Waals surface area (Å²) in [5.74, 6) is -1.03. The number of hydrogen-bond acceptors (Lipinski definition) is 10. The summed E-state index contributed by atoms with van der Waals surface area (Å²) in [5.41, 5.74) is -0.696. The van der Waals surface area contributed by atoms with Gasteiger partial charge in [0.1, 0.15) is 41.8 Å². The summed E-state index contributed by atoms with van der Waals surface area (Å²) < 4.78 is 105. The third kappa shape index (κ3) is 7.90. The van der Waals surface area contributed by atoms with Gasteiger partial charge in [0.15, 0.2) is 16.1 Å². The minimum Gasteiger partial charge on any atom is -0.405 e. The lowest BCUT2D eigenvalue weighted by Gasteiger charge is -2.18. The molecule has 0 bridgehead atoms. The van der Waals surface area contributed by atoms with Crippen LogP contribution < -0.4 is 9.47 Å². The summed E-state index contributed by atoms with van der Waals surface area (Å²) in [6.45, 7) is 0.102. The molecule has 0 N–H and O–H groups in total. The number of epoxide rings is 2. The van der Waals surface area contributed by atoms with Crippen LogP contribution in [0.4, 0.5) is 26.3 Å². The van der Waals surface area contributed by atoms with Crippen LogP contribution in [0.1, 0.15) is 34.5 Å². The molecule has 0 amide bonds. The summed E-state index contributed by atoms with van der Waals surface area (Å²) in [4.78, 5) is 8.81. The van der Waals surface area contributed by atoms with Crippen LogP contribution in [0.5, 0.6) is 11.5 Å². The fourth-order valence-electron chi connectivity index (χ4n) is 6.55. The normalized spacial score (nSPS) is 21.9. The highest BCUT2D eigenvalue weighted by Crippen LogP contribution is 2.62. The number of rotatable bonds is 13. The van der Waals surface area contributed by atoms with Crippen molar-refractivity contribution in [2.75, 3.05) is 0 Å². The molecule has 4 unspecified atom stereocenters. The van der Waals surface area contributed by atoms with Crippen molar-refractivity contribution in [2.24, 2.45) is 0 Å². The van der Waals surface area contributed by atoms with Crippen molar-refractivity contribution in [1.29, 1.82) is 0 Å². The molecular formula is C36H24Cl2F6N6O4S2. The first-order valence-corrected chi connectivity index (χ1v) is 19.3. The van der Waals surface area contributed by atoms with E-state index in [4.69, 9.17) is 32.7 Å². The van der Waals surface area contributed by atoms with Gasteiger partial charge in [-0.05, 0) is 50.9 Å². The van der Waals surface area contributed by atoms with Crippen LogP contribution in [0.15, 0.2) is 120 Å². The highest BCUT2D eigenvalue weighted by atomic mass is 35.5. The lowest BCUT2D eigenvalue weighted by molar-refractivity contribution is -0.276. The maximum atomic E-state index is 13.4. The smallest absolute Gasteiger partial charge is 0.405 e. The number of alkyl halides is 6. The Morgan fingerprint density at radius 2 is 1.16 bits per heavy atom. The van der Waals surface area contributed by atoms with Gasteiger partial charge >= 0.3 is 12.7 Å². The number of ether oxygens (including phenoxy) is 4. The molecule has 6 aromatic rings. The number of nitrogens with zero attached hydrogens (tertiary/aromatic N) is 6. The van der Waals surface area contributed by atoms with E-state index in [0.29, 0.717) is 21.4 Å². The molecule has 0 aliphatic carbocycles. The lowest BCUT2D eigenvalue weighted by Crippen LogP contribution is -2.22. The molecular weight excluding hydrogens is 829 g/mol. The van der Waals surface area contributed by atoms with E-state index in [-0.39, 0.29) is 34.3 Å². The predicted octanol–water partition coefficient (Wildman–Crippen LogP) is 10.1. The first-order chi connectivity index (χ1) is 26.7. The molecule has 0 spiro atoms. The fourth-order valence-corrected chi connectivity index (χ4v) is 8.88. The van der Waals surface area contributed by atoms with E-state index < -0.39 is 47.6 Å². The van der Waals surface area contributed by atoms with Gasteiger partial charge < -0.3 is 18.9 Å². The molecule has 2 aliphatic rings. The Labute approximate surface area is 331 Å². The molecule has 2 fully saturated rings. The molecule has 10 nitrogen and oxygen atoms in total. The van der Waals surface area contributed by atoms with Crippen molar-refractivity contribution in [2.45, 2.75) is 59.5 Å². The summed E-state index contributed by atoms with van der Waals surface area (Å²) in [6, 6.07) is 26.2. The van der Waals surface area contributed by atoms with E-state index in [1.54, 1.807) is 70.0 Å². The van der Waals surface area contributed by atoms with E-state index >= 15 is 0 Å².